The fraction of sp³-hybridized carbons (Fsp3) is 0.200. The molecule has 5 heteroatoms. The molecule has 82 valence electrons. The second kappa shape index (κ2) is 4.92. The lowest BCUT2D eigenvalue weighted by atomic mass is 10.4. The Morgan fingerprint density at radius 1 is 1.40 bits per heavy atom. The zero-order valence-electron chi connectivity index (χ0n) is 8.27. The van der Waals surface area contributed by atoms with Crippen LogP contribution in [0.2, 0.25) is 0 Å². The molecule has 15 heavy (non-hydrogen) atoms. The third-order valence-corrected chi connectivity index (χ3v) is 3.92. The first-order chi connectivity index (χ1) is 6.95. The number of nitrogens with one attached hydrogen (secondary N) is 1. The Morgan fingerprint density at radius 2 is 1.93 bits per heavy atom. The summed E-state index contributed by atoms with van der Waals surface area (Å²) in [5.74, 6) is 0. The minimum Gasteiger partial charge on any atom is -0.207 e. The summed E-state index contributed by atoms with van der Waals surface area (Å²) < 4.78 is 26.8. The number of rotatable bonds is 4. The van der Waals surface area contributed by atoms with Crippen molar-refractivity contribution in [1.82, 2.24) is 4.72 Å². The van der Waals surface area contributed by atoms with E-state index in [0.717, 1.165) is 4.47 Å². The van der Waals surface area contributed by atoms with Gasteiger partial charge in [-0.2, -0.15) is 0 Å². The lowest BCUT2D eigenvalue weighted by molar-refractivity contribution is 0.576. The molecule has 0 aliphatic carbocycles. The Balaban J connectivity index is 2.96. The second-order valence-electron chi connectivity index (χ2n) is 3.10. The molecule has 0 heterocycles. The Morgan fingerprint density at radius 3 is 2.40 bits per heavy atom. The lowest BCUT2D eigenvalue weighted by Gasteiger charge is -2.09. The van der Waals surface area contributed by atoms with E-state index in [1.54, 1.807) is 31.2 Å². The minimum absolute atomic E-state index is 0.249. The van der Waals surface area contributed by atoms with Crippen LogP contribution < -0.4 is 4.72 Å². The van der Waals surface area contributed by atoms with Crippen molar-refractivity contribution < 1.29 is 8.42 Å². The average Bonchev–Trinajstić information content (AvgIpc) is 2.17. The minimum atomic E-state index is -3.43. The average molecular weight is 290 g/mol. The van der Waals surface area contributed by atoms with Gasteiger partial charge in [-0.15, -0.1) is 6.58 Å². The van der Waals surface area contributed by atoms with Gasteiger partial charge >= 0.3 is 0 Å². The van der Waals surface area contributed by atoms with Gasteiger partial charge in [0.2, 0.25) is 10.0 Å². The van der Waals surface area contributed by atoms with E-state index in [9.17, 15) is 8.42 Å². The first kappa shape index (κ1) is 12.4. The summed E-state index contributed by atoms with van der Waals surface area (Å²) in [5, 5.41) is 0. The standard InChI is InChI=1S/C10H12BrNO2S/c1-3-8(2)12-15(13,14)10-6-4-9(11)5-7-10/h3-8,12H,1H2,2H3. The van der Waals surface area contributed by atoms with Crippen LogP contribution in [0, 0.1) is 0 Å². The van der Waals surface area contributed by atoms with Gasteiger partial charge < -0.3 is 0 Å². The van der Waals surface area contributed by atoms with Gasteiger partial charge in [0.1, 0.15) is 0 Å². The van der Waals surface area contributed by atoms with Gasteiger partial charge in [-0.25, -0.2) is 13.1 Å². The van der Waals surface area contributed by atoms with Gasteiger partial charge in [0, 0.05) is 10.5 Å². The molecule has 0 saturated carbocycles. The largest absolute Gasteiger partial charge is 0.241 e. The highest BCUT2D eigenvalue weighted by Gasteiger charge is 2.14. The predicted octanol–water partition coefficient (Wildman–Crippen LogP) is 2.30. The van der Waals surface area contributed by atoms with Gasteiger partial charge in [0.05, 0.1) is 4.90 Å². The van der Waals surface area contributed by atoms with E-state index < -0.39 is 10.0 Å². The predicted molar refractivity (Wildman–Crippen MR) is 64.1 cm³/mol. The Labute approximate surface area is 98.4 Å². The first-order valence-electron chi connectivity index (χ1n) is 4.36. The van der Waals surface area contributed by atoms with Crippen molar-refractivity contribution in [2.75, 3.05) is 0 Å². The van der Waals surface area contributed by atoms with E-state index in [-0.39, 0.29) is 10.9 Å². The molecule has 0 saturated heterocycles. The van der Waals surface area contributed by atoms with E-state index in [1.807, 2.05) is 0 Å². The monoisotopic (exact) mass is 289 g/mol. The molecule has 0 radical (unpaired) electrons. The zero-order valence-corrected chi connectivity index (χ0v) is 10.7. The molecule has 0 amide bonds. The molecule has 0 aromatic heterocycles. The highest BCUT2D eigenvalue weighted by molar-refractivity contribution is 9.10. The van der Waals surface area contributed by atoms with Crippen LogP contribution in [-0.2, 0) is 10.0 Å². The second-order valence-corrected chi connectivity index (χ2v) is 5.73. The third-order valence-electron chi connectivity index (χ3n) is 1.82. The molecule has 0 bridgehead atoms. The lowest BCUT2D eigenvalue weighted by Crippen LogP contribution is -2.30. The molecule has 0 spiro atoms. The number of hydrogen-bond donors (Lipinski definition) is 1. The molecule has 0 aliphatic rings. The first-order valence-corrected chi connectivity index (χ1v) is 6.64. The van der Waals surface area contributed by atoms with Crippen LogP contribution in [0.4, 0.5) is 0 Å². The van der Waals surface area contributed by atoms with Crippen LogP contribution in [0.25, 0.3) is 0 Å². The van der Waals surface area contributed by atoms with E-state index in [1.165, 1.54) is 6.08 Å². The maximum Gasteiger partial charge on any atom is 0.241 e. The van der Waals surface area contributed by atoms with Gasteiger partial charge in [0.15, 0.2) is 0 Å². The number of sulfonamides is 1. The summed E-state index contributed by atoms with van der Waals surface area (Å²) in [4.78, 5) is 0.249. The zero-order chi connectivity index (χ0) is 11.5. The topological polar surface area (TPSA) is 46.2 Å². The van der Waals surface area contributed by atoms with Gasteiger partial charge in [-0.05, 0) is 31.2 Å². The normalized spacial score (nSPS) is 13.5. The van der Waals surface area contributed by atoms with Crippen molar-refractivity contribution in [2.45, 2.75) is 17.9 Å². The Hall–Kier alpha value is -0.650. The van der Waals surface area contributed by atoms with Crippen LogP contribution in [-0.4, -0.2) is 14.5 Å². The van der Waals surface area contributed by atoms with Gasteiger partial charge in [0.25, 0.3) is 0 Å². The molecule has 3 nitrogen and oxygen atoms in total. The fourth-order valence-corrected chi connectivity index (χ4v) is 2.46. The van der Waals surface area contributed by atoms with E-state index >= 15 is 0 Å². The van der Waals surface area contributed by atoms with Crippen LogP contribution in [0.1, 0.15) is 6.92 Å². The smallest absolute Gasteiger partial charge is 0.207 e. The van der Waals surface area contributed by atoms with Crippen molar-refractivity contribution in [3.05, 3.63) is 41.4 Å². The van der Waals surface area contributed by atoms with E-state index in [4.69, 9.17) is 0 Å². The fourth-order valence-electron chi connectivity index (χ4n) is 0.975. The summed E-state index contributed by atoms with van der Waals surface area (Å²) in [6.07, 6.45) is 1.54. The summed E-state index contributed by atoms with van der Waals surface area (Å²) in [6, 6.07) is 6.18. The molecule has 1 N–H and O–H groups in total. The van der Waals surface area contributed by atoms with Crippen molar-refractivity contribution in [3.63, 3.8) is 0 Å². The van der Waals surface area contributed by atoms with E-state index in [0.29, 0.717) is 0 Å². The van der Waals surface area contributed by atoms with Crippen molar-refractivity contribution in [2.24, 2.45) is 0 Å². The van der Waals surface area contributed by atoms with Crippen LogP contribution in [0.15, 0.2) is 46.3 Å². The van der Waals surface area contributed by atoms with Crippen LogP contribution in [0.5, 0.6) is 0 Å². The molecule has 1 aromatic rings. The number of halogens is 1. The highest BCUT2D eigenvalue weighted by atomic mass is 79.9. The van der Waals surface area contributed by atoms with Gasteiger partial charge in [-0.1, -0.05) is 22.0 Å². The van der Waals surface area contributed by atoms with Crippen molar-refractivity contribution in [3.8, 4) is 0 Å². The molecule has 1 rings (SSSR count). The Bertz CT molecular complexity index is 439. The number of hydrogen-bond acceptors (Lipinski definition) is 2. The van der Waals surface area contributed by atoms with Crippen molar-refractivity contribution in [1.29, 1.82) is 0 Å². The quantitative estimate of drug-likeness (QED) is 0.865. The molecular formula is C10H12BrNO2S. The maximum atomic E-state index is 11.7. The molecule has 0 fully saturated rings. The summed E-state index contributed by atoms with van der Waals surface area (Å²) in [5.41, 5.74) is 0. The molecule has 0 aliphatic heterocycles. The molecular weight excluding hydrogens is 278 g/mol. The maximum absolute atomic E-state index is 11.7. The summed E-state index contributed by atoms with van der Waals surface area (Å²) in [6.45, 7) is 5.24. The molecule has 1 aromatic carbocycles. The van der Waals surface area contributed by atoms with Crippen LogP contribution >= 0.6 is 15.9 Å². The van der Waals surface area contributed by atoms with Crippen LogP contribution in [0.3, 0.4) is 0 Å². The molecule has 1 atom stereocenters. The van der Waals surface area contributed by atoms with Crippen molar-refractivity contribution >= 4 is 26.0 Å². The number of benzene rings is 1. The summed E-state index contributed by atoms with van der Waals surface area (Å²) in [7, 11) is -3.43. The third kappa shape index (κ3) is 3.44. The summed E-state index contributed by atoms with van der Waals surface area (Å²) >= 11 is 3.25. The SMILES string of the molecule is C=CC(C)NS(=O)(=O)c1ccc(Br)cc1. The highest BCUT2D eigenvalue weighted by Crippen LogP contribution is 2.14. The Kier molecular flexibility index (Phi) is 4.07. The van der Waals surface area contributed by atoms with E-state index in [2.05, 4.69) is 27.2 Å². The molecule has 1 unspecified atom stereocenters. The van der Waals surface area contributed by atoms with Gasteiger partial charge in [-0.3, -0.25) is 0 Å².